The van der Waals surface area contributed by atoms with Gasteiger partial charge >= 0.3 is 12.1 Å². The molecule has 0 aromatic heterocycles. The van der Waals surface area contributed by atoms with Crippen LogP contribution in [0.3, 0.4) is 0 Å². The number of carbonyl (C=O) groups is 3. The van der Waals surface area contributed by atoms with E-state index in [0.717, 1.165) is 0 Å². The maximum absolute atomic E-state index is 11.6. The average molecular weight is 294 g/mol. The summed E-state index contributed by atoms with van der Waals surface area (Å²) < 4.78 is 9.48. The van der Waals surface area contributed by atoms with Crippen molar-refractivity contribution in [2.24, 2.45) is 0 Å². The third-order valence-corrected chi connectivity index (χ3v) is 2.35. The number of amides is 2. The molecule has 1 aromatic carbocycles. The van der Waals surface area contributed by atoms with Crippen LogP contribution in [0, 0.1) is 0 Å². The Bertz CT molecular complexity index is 499. The maximum Gasteiger partial charge on any atom is 0.407 e. The van der Waals surface area contributed by atoms with Crippen LogP contribution in [0.5, 0.6) is 0 Å². The zero-order valence-corrected chi connectivity index (χ0v) is 12.0. The van der Waals surface area contributed by atoms with Gasteiger partial charge < -0.3 is 20.1 Å². The summed E-state index contributed by atoms with van der Waals surface area (Å²) in [5.41, 5.74) is 0.915. The summed E-state index contributed by atoms with van der Waals surface area (Å²) >= 11 is 0. The highest BCUT2D eigenvalue weighted by Gasteiger charge is 2.08. The number of hydrogen-bond acceptors (Lipinski definition) is 5. The molecule has 0 atom stereocenters. The molecule has 0 bridgehead atoms. The van der Waals surface area contributed by atoms with Crippen LogP contribution < -0.4 is 10.6 Å². The summed E-state index contributed by atoms with van der Waals surface area (Å²) in [5, 5.41) is 4.88. The van der Waals surface area contributed by atoms with Gasteiger partial charge in [0.15, 0.2) is 0 Å². The Morgan fingerprint density at radius 1 is 1.00 bits per heavy atom. The summed E-state index contributed by atoms with van der Waals surface area (Å²) in [5.74, 6) is -0.814. The molecule has 0 aliphatic rings. The molecular weight excluding hydrogens is 276 g/mol. The Hall–Kier alpha value is -2.57. The summed E-state index contributed by atoms with van der Waals surface area (Å²) in [6.07, 6.45) is -0.648. The van der Waals surface area contributed by atoms with Gasteiger partial charge in [0.2, 0.25) is 5.91 Å². The van der Waals surface area contributed by atoms with Crippen LogP contribution in [0.15, 0.2) is 24.3 Å². The number of nitrogens with one attached hydrogen (secondary N) is 2. The molecule has 0 spiro atoms. The molecule has 2 N–H and O–H groups in total. The Kier molecular flexibility index (Phi) is 6.73. The van der Waals surface area contributed by atoms with Crippen molar-refractivity contribution in [3.05, 3.63) is 29.8 Å². The lowest BCUT2D eigenvalue weighted by Gasteiger charge is -2.07. The minimum absolute atomic E-state index is 0.196. The van der Waals surface area contributed by atoms with Crippen LogP contribution in [0.1, 0.15) is 24.2 Å². The lowest BCUT2D eigenvalue weighted by molar-refractivity contribution is -0.115. The lowest BCUT2D eigenvalue weighted by Crippen LogP contribution is -2.33. The molecule has 0 saturated heterocycles. The van der Waals surface area contributed by atoms with Gasteiger partial charge in [0.05, 0.1) is 18.8 Å². The minimum atomic E-state index is -0.648. The first-order chi connectivity index (χ1) is 10.1. The van der Waals surface area contributed by atoms with Gasteiger partial charge in [-0.05, 0) is 38.1 Å². The van der Waals surface area contributed by atoms with Gasteiger partial charge in [-0.2, -0.15) is 0 Å². The zero-order chi connectivity index (χ0) is 15.7. The van der Waals surface area contributed by atoms with E-state index in [1.807, 2.05) is 0 Å². The van der Waals surface area contributed by atoms with Crippen LogP contribution in [-0.4, -0.2) is 37.7 Å². The molecule has 0 saturated carbocycles. The van der Waals surface area contributed by atoms with E-state index < -0.39 is 18.0 Å². The molecule has 0 aliphatic heterocycles. The molecule has 114 valence electrons. The molecule has 21 heavy (non-hydrogen) atoms. The highest BCUT2D eigenvalue weighted by molar-refractivity contribution is 5.95. The standard InChI is InChI=1S/C14H18N2O5/c1-3-20-13(18)10-5-7-11(8-6-10)16-12(17)9-15-14(19)21-4-2/h5-8H,3-4,9H2,1-2H3,(H,15,19)(H,16,17). The predicted molar refractivity (Wildman–Crippen MR) is 76.1 cm³/mol. The van der Waals surface area contributed by atoms with E-state index in [1.54, 1.807) is 38.1 Å². The number of benzene rings is 1. The van der Waals surface area contributed by atoms with E-state index in [0.29, 0.717) is 17.9 Å². The van der Waals surface area contributed by atoms with E-state index in [1.165, 1.54) is 0 Å². The van der Waals surface area contributed by atoms with Crippen molar-refractivity contribution in [1.82, 2.24) is 5.32 Å². The van der Waals surface area contributed by atoms with E-state index in [4.69, 9.17) is 4.74 Å². The largest absolute Gasteiger partial charge is 0.462 e. The third kappa shape index (κ3) is 5.94. The third-order valence-electron chi connectivity index (χ3n) is 2.35. The molecule has 2 amide bonds. The van der Waals surface area contributed by atoms with Crippen LogP contribution in [0.4, 0.5) is 10.5 Å². The molecule has 0 heterocycles. The highest BCUT2D eigenvalue weighted by atomic mass is 16.5. The quantitative estimate of drug-likeness (QED) is 0.776. The SMILES string of the molecule is CCOC(=O)NCC(=O)Nc1ccc(C(=O)OCC)cc1. The number of alkyl carbamates (subject to hydrolysis) is 1. The lowest BCUT2D eigenvalue weighted by atomic mass is 10.2. The molecule has 0 unspecified atom stereocenters. The average Bonchev–Trinajstić information content (AvgIpc) is 2.46. The van der Waals surface area contributed by atoms with Crippen molar-refractivity contribution in [3.63, 3.8) is 0 Å². The second-order valence-electron chi connectivity index (χ2n) is 3.92. The van der Waals surface area contributed by atoms with Gasteiger partial charge in [0, 0.05) is 5.69 Å². The van der Waals surface area contributed by atoms with Gasteiger partial charge in [-0.15, -0.1) is 0 Å². The van der Waals surface area contributed by atoms with Gasteiger partial charge in [-0.25, -0.2) is 9.59 Å². The normalized spacial score (nSPS) is 9.62. The fraction of sp³-hybridized carbons (Fsp3) is 0.357. The zero-order valence-electron chi connectivity index (χ0n) is 12.0. The van der Waals surface area contributed by atoms with Gasteiger partial charge in [-0.3, -0.25) is 4.79 Å². The van der Waals surface area contributed by atoms with E-state index in [9.17, 15) is 14.4 Å². The molecule has 1 aromatic rings. The first-order valence-electron chi connectivity index (χ1n) is 6.54. The molecular formula is C14H18N2O5. The Morgan fingerprint density at radius 3 is 2.19 bits per heavy atom. The van der Waals surface area contributed by atoms with E-state index >= 15 is 0 Å². The van der Waals surface area contributed by atoms with Crippen LogP contribution in [-0.2, 0) is 14.3 Å². The Balaban J connectivity index is 2.46. The first-order valence-corrected chi connectivity index (χ1v) is 6.54. The smallest absolute Gasteiger partial charge is 0.407 e. The fourth-order valence-electron chi connectivity index (χ4n) is 1.44. The second-order valence-corrected chi connectivity index (χ2v) is 3.92. The molecule has 1 rings (SSSR count). The number of carbonyl (C=O) groups excluding carboxylic acids is 3. The molecule has 7 nitrogen and oxygen atoms in total. The molecule has 0 aliphatic carbocycles. The van der Waals surface area contributed by atoms with Crippen molar-refractivity contribution in [2.45, 2.75) is 13.8 Å². The van der Waals surface area contributed by atoms with E-state index in [-0.39, 0.29) is 13.2 Å². The molecule has 0 fully saturated rings. The number of anilines is 1. The monoisotopic (exact) mass is 294 g/mol. The maximum atomic E-state index is 11.6. The first kappa shape index (κ1) is 16.5. The van der Waals surface area contributed by atoms with Gasteiger partial charge in [0.25, 0.3) is 0 Å². The van der Waals surface area contributed by atoms with Crippen molar-refractivity contribution < 1.29 is 23.9 Å². The summed E-state index contributed by atoms with van der Waals surface area (Å²) in [4.78, 5) is 34.0. The number of ether oxygens (including phenoxy) is 2. The molecule has 7 heteroatoms. The van der Waals surface area contributed by atoms with Crippen molar-refractivity contribution in [2.75, 3.05) is 25.1 Å². The van der Waals surface area contributed by atoms with Crippen molar-refractivity contribution in [1.29, 1.82) is 0 Å². The minimum Gasteiger partial charge on any atom is -0.462 e. The summed E-state index contributed by atoms with van der Waals surface area (Å²) in [6.45, 7) is 3.74. The second kappa shape index (κ2) is 8.57. The van der Waals surface area contributed by atoms with Gasteiger partial charge in [0.1, 0.15) is 6.54 Å². The number of esters is 1. The van der Waals surface area contributed by atoms with Gasteiger partial charge in [-0.1, -0.05) is 0 Å². The fourth-order valence-corrected chi connectivity index (χ4v) is 1.44. The summed E-state index contributed by atoms with van der Waals surface area (Å²) in [7, 11) is 0. The van der Waals surface area contributed by atoms with Crippen molar-refractivity contribution in [3.8, 4) is 0 Å². The Labute approximate surface area is 122 Å². The van der Waals surface area contributed by atoms with Crippen molar-refractivity contribution >= 4 is 23.7 Å². The number of hydrogen-bond donors (Lipinski definition) is 2. The van der Waals surface area contributed by atoms with Crippen LogP contribution in [0.2, 0.25) is 0 Å². The molecule has 0 radical (unpaired) electrons. The Morgan fingerprint density at radius 2 is 1.62 bits per heavy atom. The topological polar surface area (TPSA) is 93.7 Å². The van der Waals surface area contributed by atoms with Crippen LogP contribution in [0.25, 0.3) is 0 Å². The predicted octanol–water partition coefficient (Wildman–Crippen LogP) is 1.55. The van der Waals surface area contributed by atoms with E-state index in [2.05, 4.69) is 15.4 Å². The number of rotatable bonds is 6. The van der Waals surface area contributed by atoms with Crippen LogP contribution >= 0.6 is 0 Å². The summed E-state index contributed by atoms with van der Waals surface area (Å²) in [6, 6.07) is 6.25. The highest BCUT2D eigenvalue weighted by Crippen LogP contribution is 2.10.